The standard InChI is InChI=1S/C12H9BrClN3O/c1-17-11(13)9(6-15)16-12(17)7-3-4-10(18-2)8(14)5-7/h3-5H,1-2H3. The Morgan fingerprint density at radius 1 is 1.50 bits per heavy atom. The summed E-state index contributed by atoms with van der Waals surface area (Å²) in [6.07, 6.45) is 0. The van der Waals surface area contributed by atoms with Crippen LogP contribution >= 0.6 is 27.5 Å². The van der Waals surface area contributed by atoms with Gasteiger partial charge in [-0.1, -0.05) is 11.6 Å². The highest BCUT2D eigenvalue weighted by Gasteiger charge is 2.14. The smallest absolute Gasteiger partial charge is 0.173 e. The molecular formula is C12H9BrClN3O. The molecule has 0 aliphatic heterocycles. The lowest BCUT2D eigenvalue weighted by molar-refractivity contribution is 0.415. The molecule has 0 aliphatic carbocycles. The monoisotopic (exact) mass is 325 g/mol. The lowest BCUT2D eigenvalue weighted by Gasteiger charge is -2.06. The fourth-order valence-electron chi connectivity index (χ4n) is 1.61. The summed E-state index contributed by atoms with van der Waals surface area (Å²) >= 11 is 9.40. The van der Waals surface area contributed by atoms with E-state index in [4.69, 9.17) is 21.6 Å². The Balaban J connectivity index is 2.56. The van der Waals surface area contributed by atoms with E-state index in [1.807, 2.05) is 19.2 Å². The molecule has 0 radical (unpaired) electrons. The molecule has 0 bridgehead atoms. The normalized spacial score (nSPS) is 10.2. The van der Waals surface area contributed by atoms with Crippen molar-refractivity contribution < 1.29 is 4.74 Å². The predicted octanol–water partition coefficient (Wildman–Crippen LogP) is 3.38. The minimum atomic E-state index is 0.347. The average molecular weight is 327 g/mol. The zero-order valence-corrected chi connectivity index (χ0v) is 12.1. The number of hydrogen-bond donors (Lipinski definition) is 0. The quantitative estimate of drug-likeness (QED) is 0.850. The Morgan fingerprint density at radius 3 is 2.72 bits per heavy atom. The van der Waals surface area contributed by atoms with Crippen molar-refractivity contribution in [1.29, 1.82) is 5.26 Å². The number of imidazole rings is 1. The van der Waals surface area contributed by atoms with Gasteiger partial charge in [0.2, 0.25) is 0 Å². The van der Waals surface area contributed by atoms with Crippen molar-refractivity contribution >= 4 is 27.5 Å². The van der Waals surface area contributed by atoms with Crippen LogP contribution in [-0.2, 0) is 7.05 Å². The first-order valence-electron chi connectivity index (χ1n) is 5.04. The number of hydrogen-bond acceptors (Lipinski definition) is 3. The van der Waals surface area contributed by atoms with Crippen LogP contribution in [0.2, 0.25) is 5.02 Å². The van der Waals surface area contributed by atoms with Crippen molar-refractivity contribution in [3.63, 3.8) is 0 Å². The number of aromatic nitrogens is 2. The summed E-state index contributed by atoms with van der Waals surface area (Å²) < 4.78 is 7.53. The third-order valence-corrected chi connectivity index (χ3v) is 3.74. The topological polar surface area (TPSA) is 50.8 Å². The number of methoxy groups -OCH3 is 1. The van der Waals surface area contributed by atoms with Gasteiger partial charge in [0.25, 0.3) is 0 Å². The van der Waals surface area contributed by atoms with Crippen molar-refractivity contribution in [3.8, 4) is 23.2 Å². The second-order valence-corrected chi connectivity index (χ2v) is 4.75. The van der Waals surface area contributed by atoms with Crippen LogP contribution in [0.15, 0.2) is 22.8 Å². The first-order valence-corrected chi connectivity index (χ1v) is 6.21. The lowest BCUT2D eigenvalue weighted by atomic mass is 10.2. The molecule has 6 heteroatoms. The van der Waals surface area contributed by atoms with E-state index in [1.165, 1.54) is 0 Å². The van der Waals surface area contributed by atoms with Gasteiger partial charge in [-0.25, -0.2) is 4.98 Å². The zero-order valence-electron chi connectivity index (χ0n) is 9.74. The van der Waals surface area contributed by atoms with Crippen LogP contribution in [0.1, 0.15) is 5.69 Å². The molecular weight excluding hydrogens is 318 g/mol. The molecule has 92 valence electrons. The molecule has 1 aromatic carbocycles. The summed E-state index contributed by atoms with van der Waals surface area (Å²) in [5.74, 6) is 1.28. The number of benzene rings is 1. The maximum Gasteiger partial charge on any atom is 0.173 e. The van der Waals surface area contributed by atoms with Crippen molar-refractivity contribution in [3.05, 3.63) is 33.5 Å². The fourth-order valence-corrected chi connectivity index (χ4v) is 2.22. The van der Waals surface area contributed by atoms with Gasteiger partial charge in [-0.15, -0.1) is 0 Å². The van der Waals surface area contributed by atoms with E-state index in [1.54, 1.807) is 23.8 Å². The number of nitrogens with zero attached hydrogens (tertiary/aromatic N) is 3. The van der Waals surface area contributed by atoms with Crippen molar-refractivity contribution in [2.45, 2.75) is 0 Å². The molecule has 4 nitrogen and oxygen atoms in total. The molecule has 18 heavy (non-hydrogen) atoms. The molecule has 2 rings (SSSR count). The van der Waals surface area contributed by atoms with Gasteiger partial charge >= 0.3 is 0 Å². The molecule has 2 aromatic rings. The Labute approximate surface area is 118 Å². The first kappa shape index (κ1) is 12.9. The van der Waals surface area contributed by atoms with Crippen LogP contribution in [0.5, 0.6) is 5.75 Å². The zero-order chi connectivity index (χ0) is 13.3. The molecule has 0 unspecified atom stereocenters. The summed E-state index contributed by atoms with van der Waals surface area (Å²) in [4.78, 5) is 4.25. The van der Waals surface area contributed by atoms with Crippen LogP contribution in [0, 0.1) is 11.3 Å². The van der Waals surface area contributed by atoms with Gasteiger partial charge in [0.15, 0.2) is 5.69 Å². The highest BCUT2D eigenvalue weighted by Crippen LogP contribution is 2.31. The van der Waals surface area contributed by atoms with E-state index in [0.717, 1.165) is 5.56 Å². The minimum Gasteiger partial charge on any atom is -0.495 e. The molecule has 0 saturated carbocycles. The highest BCUT2D eigenvalue weighted by molar-refractivity contribution is 9.10. The summed E-state index contributed by atoms with van der Waals surface area (Å²) in [6.45, 7) is 0. The Hall–Kier alpha value is -1.51. The Bertz CT molecular complexity index is 646. The largest absolute Gasteiger partial charge is 0.495 e. The molecule has 0 amide bonds. The van der Waals surface area contributed by atoms with E-state index in [2.05, 4.69) is 20.9 Å². The molecule has 0 atom stereocenters. The fraction of sp³-hybridized carbons (Fsp3) is 0.167. The maximum absolute atomic E-state index is 8.94. The van der Waals surface area contributed by atoms with Crippen molar-refractivity contribution in [2.75, 3.05) is 7.11 Å². The van der Waals surface area contributed by atoms with Crippen LogP contribution in [-0.4, -0.2) is 16.7 Å². The SMILES string of the molecule is COc1ccc(-c2nc(C#N)c(Br)n2C)cc1Cl. The second kappa shape index (κ2) is 5.01. The third kappa shape index (κ3) is 2.09. The van der Waals surface area contributed by atoms with Crippen LogP contribution in [0.3, 0.4) is 0 Å². The average Bonchev–Trinajstić information content (AvgIpc) is 2.66. The van der Waals surface area contributed by atoms with Gasteiger partial charge in [-0.2, -0.15) is 5.26 Å². The van der Waals surface area contributed by atoms with Crippen LogP contribution in [0.4, 0.5) is 0 Å². The summed E-state index contributed by atoms with van der Waals surface area (Å²) in [7, 11) is 3.39. The van der Waals surface area contributed by atoms with E-state index >= 15 is 0 Å². The molecule has 0 N–H and O–H groups in total. The minimum absolute atomic E-state index is 0.347. The summed E-state index contributed by atoms with van der Waals surface area (Å²) in [5.41, 5.74) is 1.17. The van der Waals surface area contributed by atoms with Crippen molar-refractivity contribution in [2.24, 2.45) is 7.05 Å². The van der Waals surface area contributed by atoms with E-state index in [9.17, 15) is 0 Å². The predicted molar refractivity (Wildman–Crippen MR) is 72.6 cm³/mol. The number of ether oxygens (including phenoxy) is 1. The van der Waals surface area contributed by atoms with E-state index in [0.29, 0.717) is 26.9 Å². The maximum atomic E-state index is 8.94. The van der Waals surface area contributed by atoms with Crippen molar-refractivity contribution in [1.82, 2.24) is 9.55 Å². The number of rotatable bonds is 2. The van der Waals surface area contributed by atoms with E-state index in [-0.39, 0.29) is 0 Å². The van der Waals surface area contributed by atoms with E-state index < -0.39 is 0 Å². The third-order valence-electron chi connectivity index (χ3n) is 2.54. The molecule has 1 heterocycles. The van der Waals surface area contributed by atoms with Crippen LogP contribution in [0.25, 0.3) is 11.4 Å². The number of nitriles is 1. The summed E-state index contributed by atoms with van der Waals surface area (Å²) in [6, 6.07) is 7.41. The molecule has 1 aromatic heterocycles. The van der Waals surface area contributed by atoms with Gasteiger partial charge in [-0.05, 0) is 34.1 Å². The van der Waals surface area contributed by atoms with Gasteiger partial charge in [0, 0.05) is 12.6 Å². The first-order chi connectivity index (χ1) is 8.58. The van der Waals surface area contributed by atoms with Gasteiger partial charge in [0.05, 0.1) is 12.1 Å². The lowest BCUT2D eigenvalue weighted by Crippen LogP contribution is -1.93. The highest BCUT2D eigenvalue weighted by atomic mass is 79.9. The molecule has 0 spiro atoms. The van der Waals surface area contributed by atoms with Crippen LogP contribution < -0.4 is 4.74 Å². The molecule has 0 fully saturated rings. The van der Waals surface area contributed by atoms with Gasteiger partial charge in [0.1, 0.15) is 22.2 Å². The van der Waals surface area contributed by atoms with Gasteiger partial charge in [-0.3, -0.25) is 0 Å². The molecule has 0 saturated heterocycles. The molecule has 0 aliphatic rings. The second-order valence-electron chi connectivity index (χ2n) is 3.59. The van der Waals surface area contributed by atoms with Gasteiger partial charge < -0.3 is 9.30 Å². The number of halogens is 2. The summed E-state index contributed by atoms with van der Waals surface area (Å²) in [5, 5.41) is 9.45. The Morgan fingerprint density at radius 2 is 2.22 bits per heavy atom. The Kier molecular flexibility index (Phi) is 3.60.